The zero-order valence-corrected chi connectivity index (χ0v) is 13.3. The number of nitrogens with one attached hydrogen (secondary N) is 1. The van der Waals surface area contributed by atoms with Crippen LogP contribution in [0.15, 0.2) is 23.8 Å². The molecule has 112 valence electrons. The molecule has 0 aliphatic rings. The molecule has 0 aromatic heterocycles. The summed E-state index contributed by atoms with van der Waals surface area (Å²) in [5, 5.41) is 3.48. The average molecular weight is 277 g/mol. The largest absolute Gasteiger partial charge is 0.493 e. The second-order valence-electron chi connectivity index (χ2n) is 5.30. The Hall–Kier alpha value is -1.48. The summed E-state index contributed by atoms with van der Waals surface area (Å²) in [4.78, 5) is 0. The molecule has 1 rings (SSSR count). The number of ether oxygens (including phenoxy) is 2. The Bertz CT molecular complexity index is 439. The van der Waals surface area contributed by atoms with Gasteiger partial charge in [0.1, 0.15) is 0 Å². The maximum absolute atomic E-state index is 5.33. The van der Waals surface area contributed by atoms with Crippen LogP contribution in [0.2, 0.25) is 0 Å². The molecule has 0 amide bonds. The van der Waals surface area contributed by atoms with Crippen LogP contribution in [0, 0.1) is 5.92 Å². The van der Waals surface area contributed by atoms with Gasteiger partial charge in [-0.05, 0) is 36.6 Å². The van der Waals surface area contributed by atoms with Crippen LogP contribution in [0.3, 0.4) is 0 Å². The molecule has 0 saturated heterocycles. The van der Waals surface area contributed by atoms with E-state index in [1.165, 1.54) is 5.57 Å². The minimum atomic E-state index is 0.675. The lowest BCUT2D eigenvalue weighted by atomic mass is 10.1. The third-order valence-electron chi connectivity index (χ3n) is 3.14. The van der Waals surface area contributed by atoms with Gasteiger partial charge < -0.3 is 14.8 Å². The Balaban J connectivity index is 2.78. The van der Waals surface area contributed by atoms with Gasteiger partial charge in [-0.2, -0.15) is 0 Å². The molecule has 0 heterocycles. The molecule has 0 atom stereocenters. The molecule has 3 nitrogen and oxygen atoms in total. The van der Waals surface area contributed by atoms with Crippen molar-refractivity contribution in [3.63, 3.8) is 0 Å². The predicted molar refractivity (Wildman–Crippen MR) is 85.5 cm³/mol. The van der Waals surface area contributed by atoms with Crippen molar-refractivity contribution >= 4 is 6.08 Å². The van der Waals surface area contributed by atoms with E-state index >= 15 is 0 Å². The monoisotopic (exact) mass is 277 g/mol. The molecule has 20 heavy (non-hydrogen) atoms. The van der Waals surface area contributed by atoms with Crippen LogP contribution >= 0.6 is 0 Å². The van der Waals surface area contributed by atoms with Crippen molar-refractivity contribution in [3.8, 4) is 11.5 Å². The van der Waals surface area contributed by atoms with Crippen molar-refractivity contribution in [3.05, 3.63) is 29.3 Å². The fourth-order valence-corrected chi connectivity index (χ4v) is 1.98. The normalized spacial score (nSPS) is 11.8. The van der Waals surface area contributed by atoms with Crippen LogP contribution in [-0.4, -0.2) is 27.3 Å². The van der Waals surface area contributed by atoms with Gasteiger partial charge in [0.25, 0.3) is 0 Å². The van der Waals surface area contributed by atoms with Gasteiger partial charge >= 0.3 is 0 Å². The smallest absolute Gasteiger partial charge is 0.161 e. The fraction of sp³-hybridized carbons (Fsp3) is 0.529. The Morgan fingerprint density at radius 2 is 1.90 bits per heavy atom. The fourth-order valence-electron chi connectivity index (χ4n) is 1.98. The standard InChI is InChI=1S/C17H27NO2/c1-6-14(12-18-11-13(2)3)9-15-7-8-16(19-4)17(10-15)20-5/h7-10,13,18H,6,11-12H2,1-5H3. The summed E-state index contributed by atoms with van der Waals surface area (Å²) >= 11 is 0. The van der Waals surface area contributed by atoms with E-state index in [1.54, 1.807) is 14.2 Å². The number of rotatable bonds is 8. The van der Waals surface area contributed by atoms with E-state index in [2.05, 4.69) is 38.2 Å². The van der Waals surface area contributed by atoms with E-state index in [4.69, 9.17) is 9.47 Å². The summed E-state index contributed by atoms with van der Waals surface area (Å²) in [7, 11) is 3.32. The first-order valence-electron chi connectivity index (χ1n) is 7.22. The highest BCUT2D eigenvalue weighted by molar-refractivity contribution is 5.58. The van der Waals surface area contributed by atoms with Gasteiger partial charge in [-0.3, -0.25) is 0 Å². The molecule has 1 aromatic carbocycles. The van der Waals surface area contributed by atoms with Gasteiger partial charge in [0.2, 0.25) is 0 Å². The van der Waals surface area contributed by atoms with E-state index in [1.807, 2.05) is 12.1 Å². The minimum absolute atomic E-state index is 0.675. The maximum Gasteiger partial charge on any atom is 0.161 e. The molecule has 0 fully saturated rings. The molecule has 0 bridgehead atoms. The molecule has 0 radical (unpaired) electrons. The SMILES string of the molecule is CCC(=Cc1ccc(OC)c(OC)c1)CNCC(C)C. The van der Waals surface area contributed by atoms with E-state index in [9.17, 15) is 0 Å². The quantitative estimate of drug-likeness (QED) is 0.785. The molecule has 0 aliphatic heterocycles. The van der Waals surface area contributed by atoms with Gasteiger partial charge in [-0.25, -0.2) is 0 Å². The molecular formula is C17H27NO2. The molecule has 0 aliphatic carbocycles. The lowest BCUT2D eigenvalue weighted by Gasteiger charge is -2.11. The second kappa shape index (κ2) is 8.64. The van der Waals surface area contributed by atoms with Gasteiger partial charge in [-0.15, -0.1) is 0 Å². The highest BCUT2D eigenvalue weighted by Gasteiger charge is 2.04. The zero-order valence-electron chi connectivity index (χ0n) is 13.3. The topological polar surface area (TPSA) is 30.5 Å². The van der Waals surface area contributed by atoms with Crippen LogP contribution < -0.4 is 14.8 Å². The Morgan fingerprint density at radius 1 is 1.20 bits per heavy atom. The van der Waals surface area contributed by atoms with Crippen molar-refractivity contribution in [1.29, 1.82) is 0 Å². The number of benzene rings is 1. The molecule has 1 N–H and O–H groups in total. The van der Waals surface area contributed by atoms with Crippen molar-refractivity contribution in [2.45, 2.75) is 27.2 Å². The Kier molecular flexibility index (Phi) is 7.16. The first-order chi connectivity index (χ1) is 9.60. The summed E-state index contributed by atoms with van der Waals surface area (Å²) in [6, 6.07) is 6.01. The maximum atomic E-state index is 5.33. The first kappa shape index (κ1) is 16.6. The molecule has 1 aromatic rings. The Morgan fingerprint density at radius 3 is 2.45 bits per heavy atom. The Labute approximate surface area is 123 Å². The van der Waals surface area contributed by atoms with Crippen LogP contribution in [0.25, 0.3) is 6.08 Å². The lowest BCUT2D eigenvalue weighted by Crippen LogP contribution is -2.21. The van der Waals surface area contributed by atoms with E-state index in [0.29, 0.717) is 5.92 Å². The highest BCUT2D eigenvalue weighted by Crippen LogP contribution is 2.28. The van der Waals surface area contributed by atoms with Crippen molar-refractivity contribution in [2.24, 2.45) is 5.92 Å². The number of methoxy groups -OCH3 is 2. The van der Waals surface area contributed by atoms with E-state index < -0.39 is 0 Å². The molecule has 0 spiro atoms. The van der Waals surface area contributed by atoms with E-state index in [0.717, 1.165) is 36.6 Å². The van der Waals surface area contributed by atoms with Crippen LogP contribution in [0.1, 0.15) is 32.8 Å². The minimum Gasteiger partial charge on any atom is -0.493 e. The summed E-state index contributed by atoms with van der Waals surface area (Å²) in [5.41, 5.74) is 2.53. The molecular weight excluding hydrogens is 250 g/mol. The number of hydrogen-bond acceptors (Lipinski definition) is 3. The molecule has 0 unspecified atom stereocenters. The predicted octanol–water partition coefficient (Wildman–Crippen LogP) is 3.74. The van der Waals surface area contributed by atoms with Gasteiger partial charge in [0.05, 0.1) is 14.2 Å². The first-order valence-corrected chi connectivity index (χ1v) is 7.22. The van der Waals surface area contributed by atoms with Crippen LogP contribution in [0.4, 0.5) is 0 Å². The highest BCUT2D eigenvalue weighted by atomic mass is 16.5. The summed E-state index contributed by atoms with van der Waals surface area (Å²) in [6.45, 7) is 8.60. The average Bonchev–Trinajstić information content (AvgIpc) is 2.45. The van der Waals surface area contributed by atoms with Crippen LogP contribution in [-0.2, 0) is 0 Å². The molecule has 0 saturated carbocycles. The van der Waals surface area contributed by atoms with E-state index in [-0.39, 0.29) is 0 Å². The molecule has 3 heteroatoms. The summed E-state index contributed by atoms with van der Waals surface area (Å²) < 4.78 is 10.6. The number of hydrogen-bond donors (Lipinski definition) is 1. The second-order valence-corrected chi connectivity index (χ2v) is 5.30. The van der Waals surface area contributed by atoms with Gasteiger partial charge in [-0.1, -0.05) is 38.5 Å². The third kappa shape index (κ3) is 5.25. The lowest BCUT2D eigenvalue weighted by molar-refractivity contribution is 0.355. The zero-order chi connectivity index (χ0) is 15.0. The van der Waals surface area contributed by atoms with Crippen molar-refractivity contribution in [1.82, 2.24) is 5.32 Å². The third-order valence-corrected chi connectivity index (χ3v) is 3.14. The van der Waals surface area contributed by atoms with Crippen molar-refractivity contribution < 1.29 is 9.47 Å². The summed E-state index contributed by atoms with van der Waals surface area (Å²) in [5.74, 6) is 2.21. The van der Waals surface area contributed by atoms with Crippen molar-refractivity contribution in [2.75, 3.05) is 27.3 Å². The van der Waals surface area contributed by atoms with Crippen LogP contribution in [0.5, 0.6) is 11.5 Å². The van der Waals surface area contributed by atoms with Gasteiger partial charge in [0.15, 0.2) is 11.5 Å². The summed E-state index contributed by atoms with van der Waals surface area (Å²) in [6.07, 6.45) is 3.26. The van der Waals surface area contributed by atoms with Gasteiger partial charge in [0, 0.05) is 6.54 Å².